The SMILES string of the molecule is CN1CCN(S(=O)(=O)c2ccc(-c3cnc4[nH]cc(C(=O)Nc5cccnc5)c4c3)cc2OC(F)(F)F)CC1.Cl. The number of H-pyrrole nitrogens is 1. The molecule has 4 aromatic rings. The number of ether oxygens (including phenoxy) is 1. The van der Waals surface area contributed by atoms with Crippen molar-refractivity contribution in [3.63, 3.8) is 0 Å². The van der Waals surface area contributed by atoms with Crippen molar-refractivity contribution in [2.45, 2.75) is 11.3 Å². The lowest BCUT2D eigenvalue weighted by atomic mass is 10.1. The third-order valence-corrected chi connectivity index (χ3v) is 8.22. The number of nitrogens with zero attached hydrogens (tertiary/aromatic N) is 4. The van der Waals surface area contributed by atoms with Crippen LogP contribution in [0.5, 0.6) is 5.75 Å². The number of aromatic amines is 1. The number of nitrogens with one attached hydrogen (secondary N) is 2. The van der Waals surface area contributed by atoms with Crippen molar-refractivity contribution in [1.82, 2.24) is 24.2 Å². The van der Waals surface area contributed by atoms with Gasteiger partial charge in [-0.15, -0.1) is 25.6 Å². The molecule has 1 saturated heterocycles. The van der Waals surface area contributed by atoms with E-state index in [1.807, 2.05) is 11.9 Å². The third-order valence-electron chi connectivity index (χ3n) is 6.28. The summed E-state index contributed by atoms with van der Waals surface area (Å²) in [6.07, 6.45) is 0.803. The van der Waals surface area contributed by atoms with Crippen molar-refractivity contribution in [3.8, 4) is 16.9 Å². The Morgan fingerprint density at radius 3 is 2.50 bits per heavy atom. The highest BCUT2D eigenvalue weighted by Crippen LogP contribution is 2.36. The third kappa shape index (κ3) is 6.20. The topological polar surface area (TPSA) is 121 Å². The normalized spacial score (nSPS) is 15.0. The summed E-state index contributed by atoms with van der Waals surface area (Å²) in [5, 5.41) is 3.14. The molecule has 0 aliphatic carbocycles. The van der Waals surface area contributed by atoms with E-state index in [0.29, 0.717) is 35.4 Å². The first kappa shape index (κ1) is 29.3. The van der Waals surface area contributed by atoms with Gasteiger partial charge in [0, 0.05) is 55.7 Å². The summed E-state index contributed by atoms with van der Waals surface area (Å²) in [7, 11) is -2.42. The molecule has 0 spiro atoms. The molecule has 1 aromatic carbocycles. The van der Waals surface area contributed by atoms with Crippen LogP contribution in [0.25, 0.3) is 22.2 Å². The van der Waals surface area contributed by atoms with Gasteiger partial charge in [-0.2, -0.15) is 4.31 Å². The molecule has 0 bridgehead atoms. The largest absolute Gasteiger partial charge is 0.573 e. The van der Waals surface area contributed by atoms with Crippen molar-refractivity contribution in [1.29, 1.82) is 0 Å². The Balaban J connectivity index is 0.00000370. The van der Waals surface area contributed by atoms with Crippen molar-refractivity contribution in [2.24, 2.45) is 0 Å². The van der Waals surface area contributed by atoms with Crippen LogP contribution < -0.4 is 10.1 Å². The van der Waals surface area contributed by atoms with E-state index in [1.54, 1.807) is 24.4 Å². The van der Waals surface area contributed by atoms with Gasteiger partial charge in [0.2, 0.25) is 10.0 Å². The van der Waals surface area contributed by atoms with E-state index in [1.165, 1.54) is 24.7 Å². The number of likely N-dealkylation sites (N-methyl/N-ethyl adjacent to an activating group) is 1. The Kier molecular flexibility index (Phi) is 8.35. The van der Waals surface area contributed by atoms with Crippen molar-refractivity contribution in [3.05, 3.63) is 66.7 Å². The van der Waals surface area contributed by atoms with Crippen LogP contribution in [0.2, 0.25) is 0 Å². The molecule has 4 heterocycles. The summed E-state index contributed by atoms with van der Waals surface area (Å²) >= 11 is 0. The highest BCUT2D eigenvalue weighted by molar-refractivity contribution is 7.89. The fraction of sp³-hybridized carbons (Fsp3) is 0.240. The van der Waals surface area contributed by atoms with E-state index in [0.717, 1.165) is 16.4 Å². The Bertz CT molecular complexity index is 1620. The number of carbonyl (C=O) groups excluding carboxylic acids is 1. The number of rotatable bonds is 6. The molecule has 0 radical (unpaired) electrons. The van der Waals surface area contributed by atoms with Crippen molar-refractivity contribution in [2.75, 3.05) is 38.5 Å². The average molecular weight is 597 g/mol. The smallest absolute Gasteiger partial charge is 0.404 e. The second-order valence-corrected chi connectivity index (χ2v) is 10.8. The summed E-state index contributed by atoms with van der Waals surface area (Å²) in [5.74, 6) is -1.29. The number of hydrogen-bond acceptors (Lipinski definition) is 7. The van der Waals surface area contributed by atoms with E-state index in [9.17, 15) is 26.4 Å². The lowest BCUT2D eigenvalue weighted by molar-refractivity contribution is -0.275. The molecule has 10 nitrogen and oxygen atoms in total. The highest BCUT2D eigenvalue weighted by Gasteiger charge is 2.36. The molecule has 15 heteroatoms. The van der Waals surface area contributed by atoms with Crippen molar-refractivity contribution < 1.29 is 31.1 Å². The van der Waals surface area contributed by atoms with E-state index in [-0.39, 0.29) is 36.6 Å². The van der Waals surface area contributed by atoms with E-state index >= 15 is 0 Å². The Morgan fingerprint density at radius 1 is 1.07 bits per heavy atom. The van der Waals surface area contributed by atoms with Gasteiger partial charge < -0.3 is 19.9 Å². The summed E-state index contributed by atoms with van der Waals surface area (Å²) in [4.78, 5) is 25.3. The first-order valence-corrected chi connectivity index (χ1v) is 13.2. The molecule has 212 valence electrons. The zero-order valence-electron chi connectivity index (χ0n) is 21.0. The molecule has 5 rings (SSSR count). The minimum Gasteiger partial charge on any atom is -0.404 e. The zero-order chi connectivity index (χ0) is 27.8. The Hall–Kier alpha value is -3.72. The molecule has 40 heavy (non-hydrogen) atoms. The van der Waals surface area contributed by atoms with Crippen LogP contribution in [0, 0.1) is 0 Å². The molecule has 1 fully saturated rings. The second-order valence-electron chi connectivity index (χ2n) is 8.94. The van der Waals surface area contributed by atoms with Gasteiger partial charge in [0.15, 0.2) is 0 Å². The van der Waals surface area contributed by atoms with Gasteiger partial charge in [0.1, 0.15) is 16.3 Å². The zero-order valence-corrected chi connectivity index (χ0v) is 22.6. The first-order valence-electron chi connectivity index (χ1n) is 11.8. The molecule has 0 atom stereocenters. The molecule has 2 N–H and O–H groups in total. The van der Waals surface area contributed by atoms with Gasteiger partial charge >= 0.3 is 6.36 Å². The maximum atomic E-state index is 13.3. The number of hydrogen-bond donors (Lipinski definition) is 2. The predicted molar refractivity (Wildman–Crippen MR) is 144 cm³/mol. The van der Waals surface area contributed by atoms with Gasteiger partial charge in [0.25, 0.3) is 5.91 Å². The first-order chi connectivity index (χ1) is 18.5. The minimum absolute atomic E-state index is 0. The van der Waals surface area contributed by atoms with Gasteiger partial charge in [-0.3, -0.25) is 9.78 Å². The molecular formula is C25H24ClF3N6O4S. The average Bonchev–Trinajstić information content (AvgIpc) is 3.32. The van der Waals surface area contributed by atoms with E-state index in [4.69, 9.17) is 0 Å². The molecule has 0 unspecified atom stereocenters. The highest BCUT2D eigenvalue weighted by atomic mass is 35.5. The molecule has 1 amide bonds. The molecule has 1 aliphatic rings. The van der Waals surface area contributed by atoms with Crippen LogP contribution in [0.3, 0.4) is 0 Å². The summed E-state index contributed by atoms with van der Waals surface area (Å²) in [5.41, 5.74) is 1.70. The lowest BCUT2D eigenvalue weighted by Gasteiger charge is -2.32. The summed E-state index contributed by atoms with van der Waals surface area (Å²) in [6.45, 7) is 1.19. The van der Waals surface area contributed by atoms with Gasteiger partial charge in [-0.05, 0) is 42.9 Å². The van der Waals surface area contributed by atoms with Crippen molar-refractivity contribution >= 4 is 45.1 Å². The number of amides is 1. The van der Waals surface area contributed by atoms with Gasteiger partial charge in [-0.1, -0.05) is 6.07 Å². The van der Waals surface area contributed by atoms with Crippen LogP contribution >= 0.6 is 12.4 Å². The Morgan fingerprint density at radius 2 is 1.82 bits per heavy atom. The summed E-state index contributed by atoms with van der Waals surface area (Å²) in [6, 6.07) is 8.42. The maximum Gasteiger partial charge on any atom is 0.573 e. The standard InChI is InChI=1S/C25H23F3N6O4S.ClH/c1-33-7-9-34(10-8-33)39(36,37)22-5-4-16(12-21(22)38-25(26,27)28)17-11-19-20(15-31-23(19)30-13-17)24(35)32-18-3-2-6-29-14-18;/h2-6,11-15H,7-10H2,1H3,(H,30,31)(H,32,35);1H. The van der Waals surface area contributed by atoms with Gasteiger partial charge in [0.05, 0.1) is 17.4 Å². The minimum atomic E-state index is -5.12. The number of halogens is 4. The molecule has 1 aliphatic heterocycles. The van der Waals surface area contributed by atoms with Crippen LogP contribution in [0.4, 0.5) is 18.9 Å². The van der Waals surface area contributed by atoms with Gasteiger partial charge in [-0.25, -0.2) is 13.4 Å². The monoisotopic (exact) mass is 596 g/mol. The number of fused-ring (bicyclic) bond motifs is 1. The maximum absolute atomic E-state index is 13.3. The number of alkyl halides is 3. The number of benzene rings is 1. The number of anilines is 1. The van der Waals surface area contributed by atoms with E-state index in [2.05, 4.69) is 25.0 Å². The molecular weight excluding hydrogens is 573 g/mol. The predicted octanol–water partition coefficient (Wildman–Crippen LogP) is 4.13. The van der Waals surface area contributed by atoms with E-state index < -0.39 is 32.9 Å². The fourth-order valence-electron chi connectivity index (χ4n) is 4.26. The van der Waals surface area contributed by atoms with Crippen LogP contribution in [-0.4, -0.2) is 78.1 Å². The number of piperazine rings is 1. The quantitative estimate of drug-likeness (QED) is 0.343. The van der Waals surface area contributed by atoms with Crippen LogP contribution in [0.1, 0.15) is 10.4 Å². The fourth-order valence-corrected chi connectivity index (χ4v) is 5.77. The number of carbonyl (C=O) groups is 1. The Labute approximate surface area is 233 Å². The molecule has 0 saturated carbocycles. The number of pyridine rings is 2. The number of sulfonamides is 1. The second kappa shape index (κ2) is 11.4. The molecule has 3 aromatic heterocycles. The van der Waals surface area contributed by atoms with Crippen LogP contribution in [-0.2, 0) is 10.0 Å². The van der Waals surface area contributed by atoms with Crippen LogP contribution in [0.15, 0.2) is 66.1 Å². The number of aromatic nitrogens is 3. The lowest BCUT2D eigenvalue weighted by Crippen LogP contribution is -2.47. The summed E-state index contributed by atoms with van der Waals surface area (Å²) < 4.78 is 71.8.